The maximum atomic E-state index is 13.6. The maximum Gasteiger partial charge on any atom is 0.305 e. The molecule has 2 heterocycles. The summed E-state index contributed by atoms with van der Waals surface area (Å²) < 4.78 is 11.7. The molecule has 2 aromatic carbocycles. The molecule has 0 atom stereocenters. The zero-order valence-electron chi connectivity index (χ0n) is 23.6. The Morgan fingerprint density at radius 1 is 1.15 bits per heavy atom. The number of rotatable bonds is 9. The van der Waals surface area contributed by atoms with Crippen molar-refractivity contribution in [3.8, 4) is 11.5 Å². The number of carbonyl (C=O) groups is 3. The third kappa shape index (κ3) is 6.24. The van der Waals surface area contributed by atoms with Crippen molar-refractivity contribution < 1.29 is 29.0 Å². The van der Waals surface area contributed by atoms with Gasteiger partial charge in [0.15, 0.2) is 5.78 Å². The van der Waals surface area contributed by atoms with Crippen LogP contribution >= 0.6 is 17.0 Å². The molecule has 0 fully saturated rings. The monoisotopic (exact) mass is 616 g/mol. The number of Topliss-reactive ketones (excluding diaryl/α,β-unsaturated/α-hetero) is 1. The molecule has 2 aliphatic heterocycles. The first-order valence-corrected chi connectivity index (χ1v) is 13.1. The highest BCUT2D eigenvalue weighted by atomic mass is 79.9. The highest BCUT2D eigenvalue weighted by Crippen LogP contribution is 2.42. The molecule has 0 spiro atoms. The Kier molecular flexibility index (Phi) is 9.50. The average Bonchev–Trinajstić information content (AvgIpc) is 3.19. The van der Waals surface area contributed by atoms with E-state index in [2.05, 4.69) is 5.32 Å². The molecule has 4 rings (SSSR count). The Bertz CT molecular complexity index is 1340. The second-order valence-electron chi connectivity index (χ2n) is 10.7. The Balaban J connectivity index is 0.00000441. The van der Waals surface area contributed by atoms with E-state index in [0.29, 0.717) is 61.0 Å². The minimum atomic E-state index is -0.884. The molecule has 2 aromatic rings. The second kappa shape index (κ2) is 12.3. The van der Waals surface area contributed by atoms with E-state index in [9.17, 15) is 19.5 Å². The number of hydrogen-bond acceptors (Lipinski definition) is 7. The molecule has 1 amide bonds. The summed E-state index contributed by atoms with van der Waals surface area (Å²) in [6.45, 7) is 9.97. The number of fused-ring (bicyclic) bond motifs is 2. The smallest absolute Gasteiger partial charge is 0.305 e. The third-order valence-electron chi connectivity index (χ3n) is 6.99. The second-order valence-corrected chi connectivity index (χ2v) is 10.7. The van der Waals surface area contributed by atoms with Gasteiger partial charge in [-0.3, -0.25) is 19.8 Å². The van der Waals surface area contributed by atoms with Crippen LogP contribution in [-0.4, -0.2) is 73.4 Å². The summed E-state index contributed by atoms with van der Waals surface area (Å²) in [4.78, 5) is 41.0. The fourth-order valence-electron chi connectivity index (χ4n) is 4.97. The van der Waals surface area contributed by atoms with Crippen molar-refractivity contribution in [2.45, 2.75) is 46.1 Å². The van der Waals surface area contributed by atoms with E-state index in [0.717, 1.165) is 16.8 Å². The van der Waals surface area contributed by atoms with Crippen molar-refractivity contribution in [1.29, 1.82) is 5.41 Å². The summed E-state index contributed by atoms with van der Waals surface area (Å²) in [6, 6.07) is 7.06. The summed E-state index contributed by atoms with van der Waals surface area (Å²) in [5, 5.41) is 20.6. The summed E-state index contributed by atoms with van der Waals surface area (Å²) in [7, 11) is 1.54. The third-order valence-corrected chi connectivity index (χ3v) is 6.99. The standard InChI is InChI=1S/C29H36N4O6.BrH/c1-6-38-24-13-18-15-33(27(30)19(18)14-20(24)28(37)31-5)16-23(34)17-11-21(29(2,3)4)26-22(12-17)32(9-10-39-26)8-7-25(35)36;/h11-14,30H,6-10,15-16H2,1-5H3,(H,31,37)(H,35,36);1H. The lowest BCUT2D eigenvalue weighted by atomic mass is 9.84. The van der Waals surface area contributed by atoms with Crippen molar-refractivity contribution in [1.82, 2.24) is 10.2 Å². The van der Waals surface area contributed by atoms with E-state index in [4.69, 9.17) is 14.9 Å². The fourth-order valence-corrected chi connectivity index (χ4v) is 4.97. The molecule has 40 heavy (non-hydrogen) atoms. The van der Waals surface area contributed by atoms with Gasteiger partial charge in [-0.25, -0.2) is 0 Å². The van der Waals surface area contributed by atoms with Gasteiger partial charge in [-0.2, -0.15) is 0 Å². The molecule has 0 aromatic heterocycles. The topological polar surface area (TPSA) is 132 Å². The largest absolute Gasteiger partial charge is 0.493 e. The van der Waals surface area contributed by atoms with Crippen LogP contribution in [0.15, 0.2) is 24.3 Å². The average molecular weight is 618 g/mol. The van der Waals surface area contributed by atoms with Crippen LogP contribution in [-0.2, 0) is 16.8 Å². The van der Waals surface area contributed by atoms with Gasteiger partial charge in [-0.1, -0.05) is 20.8 Å². The van der Waals surface area contributed by atoms with E-state index >= 15 is 0 Å². The van der Waals surface area contributed by atoms with E-state index < -0.39 is 5.97 Å². The normalized spacial score (nSPS) is 14.1. The first-order valence-electron chi connectivity index (χ1n) is 13.1. The summed E-state index contributed by atoms with van der Waals surface area (Å²) >= 11 is 0. The molecule has 2 aliphatic rings. The van der Waals surface area contributed by atoms with Crippen molar-refractivity contribution in [2.75, 3.05) is 44.8 Å². The Morgan fingerprint density at radius 2 is 1.88 bits per heavy atom. The molecule has 0 unspecified atom stereocenters. The van der Waals surface area contributed by atoms with Gasteiger partial charge in [0.25, 0.3) is 5.91 Å². The van der Waals surface area contributed by atoms with Crippen LogP contribution in [0.1, 0.15) is 71.5 Å². The predicted octanol–water partition coefficient (Wildman–Crippen LogP) is 4.02. The molecule has 10 nitrogen and oxygen atoms in total. The number of halogens is 1. The Morgan fingerprint density at radius 3 is 2.50 bits per heavy atom. The van der Waals surface area contributed by atoms with Gasteiger partial charge in [-0.05, 0) is 42.2 Å². The number of benzene rings is 2. The lowest BCUT2D eigenvalue weighted by Gasteiger charge is -2.35. The number of ether oxygens (including phenoxy) is 2. The number of carboxylic acid groups (broad SMARTS) is 1. The number of amides is 1. The molecule has 0 aliphatic carbocycles. The number of nitrogens with zero attached hydrogens (tertiary/aromatic N) is 2. The zero-order chi connectivity index (χ0) is 28.5. The Hall–Kier alpha value is -3.60. The van der Waals surface area contributed by atoms with Crippen LogP contribution in [0.4, 0.5) is 5.69 Å². The molecule has 0 bridgehead atoms. The minimum absolute atomic E-state index is 0. The van der Waals surface area contributed by atoms with E-state index in [1.807, 2.05) is 38.7 Å². The zero-order valence-corrected chi connectivity index (χ0v) is 25.3. The lowest BCUT2D eigenvalue weighted by molar-refractivity contribution is -0.136. The SMILES string of the molecule is Br.CCOc1cc2c(cc1C(=O)NC)C(=N)N(CC(=O)c1cc3c(c(C(C)(C)C)c1)OCCN3CCC(=O)O)C2. The number of nitrogens with one attached hydrogen (secondary N) is 2. The summed E-state index contributed by atoms with van der Waals surface area (Å²) in [6.07, 6.45) is -0.0204. The molecular formula is C29H37BrN4O6. The number of anilines is 1. The minimum Gasteiger partial charge on any atom is -0.493 e. The number of hydrogen-bond donors (Lipinski definition) is 3. The highest BCUT2D eigenvalue weighted by molar-refractivity contribution is 8.93. The molecule has 0 saturated heterocycles. The van der Waals surface area contributed by atoms with Gasteiger partial charge in [0, 0.05) is 36.8 Å². The van der Waals surface area contributed by atoms with Crippen molar-refractivity contribution in [3.05, 3.63) is 52.1 Å². The molecule has 11 heteroatoms. The molecular weight excluding hydrogens is 580 g/mol. The first kappa shape index (κ1) is 30.9. The van der Waals surface area contributed by atoms with Crippen molar-refractivity contribution in [2.24, 2.45) is 0 Å². The fraction of sp³-hybridized carbons (Fsp3) is 0.448. The van der Waals surface area contributed by atoms with E-state index in [-0.39, 0.29) is 52.9 Å². The van der Waals surface area contributed by atoms with Crippen LogP contribution in [0.2, 0.25) is 0 Å². The van der Waals surface area contributed by atoms with Gasteiger partial charge in [0.2, 0.25) is 0 Å². The van der Waals surface area contributed by atoms with Gasteiger partial charge >= 0.3 is 5.97 Å². The van der Waals surface area contributed by atoms with Crippen LogP contribution < -0.4 is 19.7 Å². The number of amidine groups is 1. The summed E-state index contributed by atoms with van der Waals surface area (Å²) in [5.74, 6) is -0.0506. The van der Waals surface area contributed by atoms with Crippen molar-refractivity contribution >= 4 is 46.2 Å². The molecule has 216 valence electrons. The lowest BCUT2D eigenvalue weighted by Crippen LogP contribution is -2.36. The van der Waals surface area contributed by atoms with Crippen LogP contribution in [0.3, 0.4) is 0 Å². The van der Waals surface area contributed by atoms with E-state index in [1.165, 1.54) is 0 Å². The van der Waals surface area contributed by atoms with Crippen LogP contribution in [0, 0.1) is 5.41 Å². The maximum absolute atomic E-state index is 13.6. The van der Waals surface area contributed by atoms with E-state index in [1.54, 1.807) is 30.1 Å². The first-order chi connectivity index (χ1) is 18.4. The number of carbonyl (C=O) groups excluding carboxylic acids is 2. The summed E-state index contributed by atoms with van der Waals surface area (Å²) in [5.41, 5.74) is 3.51. The molecule has 0 saturated carbocycles. The quantitative estimate of drug-likeness (QED) is 0.360. The number of ketones is 1. The Labute approximate surface area is 244 Å². The van der Waals surface area contributed by atoms with Crippen molar-refractivity contribution in [3.63, 3.8) is 0 Å². The van der Waals surface area contributed by atoms with Gasteiger partial charge in [0.05, 0.1) is 37.4 Å². The number of carboxylic acids is 1. The van der Waals surface area contributed by atoms with Gasteiger partial charge in [0.1, 0.15) is 23.9 Å². The van der Waals surface area contributed by atoms with Gasteiger partial charge in [-0.15, -0.1) is 17.0 Å². The highest BCUT2D eigenvalue weighted by Gasteiger charge is 2.32. The van der Waals surface area contributed by atoms with Gasteiger partial charge < -0.3 is 29.7 Å². The van der Waals surface area contributed by atoms with Crippen LogP contribution in [0.25, 0.3) is 0 Å². The molecule has 0 radical (unpaired) electrons. The predicted molar refractivity (Wildman–Crippen MR) is 158 cm³/mol. The van der Waals surface area contributed by atoms with Crippen LogP contribution in [0.5, 0.6) is 11.5 Å². The number of aliphatic carboxylic acids is 1. The molecule has 3 N–H and O–H groups in total.